The van der Waals surface area contributed by atoms with E-state index < -0.39 is 6.09 Å². The lowest BCUT2D eigenvalue weighted by atomic mass is 10.2. The summed E-state index contributed by atoms with van der Waals surface area (Å²) in [5, 5.41) is 17.6. The number of hydrogen-bond acceptors (Lipinski definition) is 2. The van der Waals surface area contributed by atoms with Gasteiger partial charge in [-0.1, -0.05) is 0 Å². The van der Waals surface area contributed by atoms with Crippen LogP contribution in [0.3, 0.4) is 0 Å². The first-order valence-electron chi connectivity index (χ1n) is 3.54. The molecule has 0 saturated carbocycles. The molecule has 0 fully saturated rings. The van der Waals surface area contributed by atoms with Crippen molar-refractivity contribution in [3.05, 3.63) is 29.8 Å². The molecule has 1 aromatic rings. The summed E-state index contributed by atoms with van der Waals surface area (Å²) < 4.78 is 0. The average molecular weight is 179 g/mol. The van der Waals surface area contributed by atoms with Gasteiger partial charge in [-0.3, -0.25) is 10.7 Å². The van der Waals surface area contributed by atoms with E-state index in [0.29, 0.717) is 11.3 Å². The number of amides is 1. The molecule has 1 aromatic carbocycles. The van der Waals surface area contributed by atoms with Gasteiger partial charge in [-0.2, -0.15) is 0 Å². The SMILES string of the molecule is N=C(N)c1ccc(NC(=O)O)cc1. The maximum Gasteiger partial charge on any atom is 0.409 e. The molecule has 0 aliphatic rings. The van der Waals surface area contributed by atoms with Crippen LogP contribution < -0.4 is 11.1 Å². The van der Waals surface area contributed by atoms with Crippen molar-refractivity contribution in [2.45, 2.75) is 0 Å². The van der Waals surface area contributed by atoms with Crippen molar-refractivity contribution >= 4 is 17.6 Å². The molecule has 0 atom stereocenters. The van der Waals surface area contributed by atoms with E-state index in [-0.39, 0.29) is 5.84 Å². The van der Waals surface area contributed by atoms with Crippen molar-refractivity contribution in [3.8, 4) is 0 Å². The predicted octanol–water partition coefficient (Wildman–Crippen LogP) is 1.06. The first-order chi connectivity index (χ1) is 6.09. The van der Waals surface area contributed by atoms with Gasteiger partial charge in [0.1, 0.15) is 5.84 Å². The Morgan fingerprint density at radius 2 is 1.92 bits per heavy atom. The molecule has 0 radical (unpaired) electrons. The van der Waals surface area contributed by atoms with Crippen LogP contribution in [0.1, 0.15) is 5.56 Å². The Balaban J connectivity index is 2.81. The number of nitrogens with two attached hydrogens (primary N) is 1. The molecule has 5 heteroatoms. The van der Waals surface area contributed by atoms with Crippen molar-refractivity contribution in [2.24, 2.45) is 5.73 Å². The minimum absolute atomic E-state index is 0.0399. The van der Waals surface area contributed by atoms with E-state index in [9.17, 15) is 4.79 Å². The van der Waals surface area contributed by atoms with E-state index in [0.717, 1.165) is 0 Å². The van der Waals surface area contributed by atoms with Gasteiger partial charge in [0, 0.05) is 11.3 Å². The monoisotopic (exact) mass is 179 g/mol. The van der Waals surface area contributed by atoms with Crippen LogP contribution >= 0.6 is 0 Å². The lowest BCUT2D eigenvalue weighted by Crippen LogP contribution is -2.11. The maximum absolute atomic E-state index is 10.2. The molecule has 5 N–H and O–H groups in total. The smallest absolute Gasteiger partial charge is 0.409 e. The fraction of sp³-hybridized carbons (Fsp3) is 0. The summed E-state index contributed by atoms with van der Waals surface area (Å²) in [6, 6.07) is 6.25. The lowest BCUT2D eigenvalue weighted by molar-refractivity contribution is 0.210. The second-order valence-electron chi connectivity index (χ2n) is 2.42. The van der Waals surface area contributed by atoms with Crippen LogP contribution in [0.2, 0.25) is 0 Å². The molecule has 0 heterocycles. The van der Waals surface area contributed by atoms with Gasteiger partial charge in [-0.25, -0.2) is 4.79 Å². The molecule has 0 bridgehead atoms. The third kappa shape index (κ3) is 2.48. The highest BCUT2D eigenvalue weighted by Crippen LogP contribution is 2.08. The van der Waals surface area contributed by atoms with Gasteiger partial charge >= 0.3 is 6.09 Å². The zero-order valence-corrected chi connectivity index (χ0v) is 6.74. The highest BCUT2D eigenvalue weighted by molar-refractivity contribution is 5.95. The lowest BCUT2D eigenvalue weighted by Gasteiger charge is -2.01. The van der Waals surface area contributed by atoms with Crippen LogP contribution in [-0.2, 0) is 0 Å². The fourth-order valence-electron chi connectivity index (χ4n) is 0.857. The second kappa shape index (κ2) is 3.57. The topological polar surface area (TPSA) is 99.2 Å². The van der Waals surface area contributed by atoms with E-state index in [1.807, 2.05) is 0 Å². The van der Waals surface area contributed by atoms with Crippen molar-refractivity contribution in [1.29, 1.82) is 5.41 Å². The number of rotatable bonds is 2. The normalized spacial score (nSPS) is 9.23. The van der Waals surface area contributed by atoms with Crippen molar-refractivity contribution in [1.82, 2.24) is 0 Å². The number of nitrogens with one attached hydrogen (secondary N) is 2. The van der Waals surface area contributed by atoms with Crippen LogP contribution in [-0.4, -0.2) is 17.0 Å². The van der Waals surface area contributed by atoms with E-state index in [1.54, 1.807) is 24.3 Å². The van der Waals surface area contributed by atoms with E-state index in [1.165, 1.54) is 0 Å². The van der Waals surface area contributed by atoms with Gasteiger partial charge in [0.15, 0.2) is 0 Å². The number of anilines is 1. The molecule has 0 unspecified atom stereocenters. The highest BCUT2D eigenvalue weighted by atomic mass is 16.4. The van der Waals surface area contributed by atoms with Crippen molar-refractivity contribution in [2.75, 3.05) is 5.32 Å². The minimum Gasteiger partial charge on any atom is -0.465 e. The molecule has 0 spiro atoms. The number of benzene rings is 1. The Hall–Kier alpha value is -2.04. The van der Waals surface area contributed by atoms with Crippen LogP contribution in [0.25, 0.3) is 0 Å². The van der Waals surface area contributed by atoms with Crippen LogP contribution in [0.4, 0.5) is 10.5 Å². The maximum atomic E-state index is 10.2. The minimum atomic E-state index is -1.12. The van der Waals surface area contributed by atoms with Crippen LogP contribution in [0.15, 0.2) is 24.3 Å². The number of nitrogen functional groups attached to an aromatic ring is 1. The summed E-state index contributed by atoms with van der Waals surface area (Å²) in [5.41, 5.74) is 6.23. The Kier molecular flexibility index (Phi) is 2.49. The molecule has 0 aromatic heterocycles. The first kappa shape index (κ1) is 9.05. The number of carboxylic acid groups (broad SMARTS) is 1. The third-order valence-corrected chi connectivity index (χ3v) is 1.45. The largest absolute Gasteiger partial charge is 0.465 e. The first-order valence-corrected chi connectivity index (χ1v) is 3.54. The molecular weight excluding hydrogens is 170 g/mol. The predicted molar refractivity (Wildman–Crippen MR) is 49.1 cm³/mol. The van der Waals surface area contributed by atoms with Gasteiger partial charge in [0.25, 0.3) is 0 Å². The summed E-state index contributed by atoms with van der Waals surface area (Å²) >= 11 is 0. The van der Waals surface area contributed by atoms with Gasteiger partial charge in [0.05, 0.1) is 0 Å². The summed E-state index contributed by atoms with van der Waals surface area (Å²) in [4.78, 5) is 10.2. The molecule has 13 heavy (non-hydrogen) atoms. The zero-order chi connectivity index (χ0) is 9.84. The van der Waals surface area contributed by atoms with Crippen LogP contribution in [0.5, 0.6) is 0 Å². The van der Waals surface area contributed by atoms with Gasteiger partial charge in [-0.05, 0) is 24.3 Å². The third-order valence-electron chi connectivity index (χ3n) is 1.45. The number of carbonyl (C=O) groups is 1. The molecule has 5 nitrogen and oxygen atoms in total. The molecule has 0 aliphatic carbocycles. The van der Waals surface area contributed by atoms with E-state index in [4.69, 9.17) is 16.2 Å². The van der Waals surface area contributed by atoms with Crippen molar-refractivity contribution in [3.63, 3.8) is 0 Å². The number of amidine groups is 1. The summed E-state index contributed by atoms with van der Waals surface area (Å²) in [7, 11) is 0. The van der Waals surface area contributed by atoms with Gasteiger partial charge in [0.2, 0.25) is 0 Å². The Morgan fingerprint density at radius 3 is 2.31 bits per heavy atom. The Bertz CT molecular complexity index is 332. The molecule has 1 amide bonds. The standard InChI is InChI=1S/C8H9N3O2/c9-7(10)5-1-3-6(4-2-5)11-8(12)13/h1-4,11H,(H3,9,10)(H,12,13). The molecule has 1 rings (SSSR count). The van der Waals surface area contributed by atoms with E-state index >= 15 is 0 Å². The van der Waals surface area contributed by atoms with Crippen LogP contribution in [0, 0.1) is 5.41 Å². The summed E-state index contributed by atoms with van der Waals surface area (Å²) in [6.45, 7) is 0. The van der Waals surface area contributed by atoms with Gasteiger partial charge in [-0.15, -0.1) is 0 Å². The fourth-order valence-corrected chi connectivity index (χ4v) is 0.857. The van der Waals surface area contributed by atoms with Gasteiger partial charge < -0.3 is 10.8 Å². The molecular formula is C8H9N3O2. The average Bonchev–Trinajstić information content (AvgIpc) is 2.04. The zero-order valence-electron chi connectivity index (χ0n) is 6.74. The molecule has 0 saturated heterocycles. The molecule has 0 aliphatic heterocycles. The Labute approximate surface area is 74.7 Å². The summed E-state index contributed by atoms with van der Waals surface area (Å²) in [5.74, 6) is -0.0399. The van der Waals surface area contributed by atoms with E-state index in [2.05, 4.69) is 5.32 Å². The number of hydrogen-bond donors (Lipinski definition) is 4. The Morgan fingerprint density at radius 1 is 1.38 bits per heavy atom. The quantitative estimate of drug-likeness (QED) is 0.403. The second-order valence-corrected chi connectivity index (χ2v) is 2.42. The van der Waals surface area contributed by atoms with Crippen molar-refractivity contribution < 1.29 is 9.90 Å². The summed E-state index contributed by atoms with van der Waals surface area (Å²) in [6.07, 6.45) is -1.12. The molecule has 68 valence electrons. The highest BCUT2D eigenvalue weighted by Gasteiger charge is 1.98.